The van der Waals surface area contributed by atoms with Crippen LogP contribution in [0.15, 0.2) is 24.3 Å². The molecule has 4 nitrogen and oxygen atoms in total. The van der Waals surface area contributed by atoms with Gasteiger partial charge in [-0.25, -0.2) is 0 Å². The highest BCUT2D eigenvalue weighted by atomic mass is 16.5. The Morgan fingerprint density at radius 2 is 1.92 bits per heavy atom. The summed E-state index contributed by atoms with van der Waals surface area (Å²) >= 11 is 0. The molecule has 2 aliphatic rings. The minimum Gasteiger partial charge on any atom is -0.494 e. The molecule has 0 aromatic heterocycles. The van der Waals surface area contributed by atoms with Crippen LogP contribution in [0.5, 0.6) is 5.75 Å². The Hall–Kier alpha value is -1.55. The molecule has 1 amide bonds. The van der Waals surface area contributed by atoms with E-state index in [-0.39, 0.29) is 11.6 Å². The van der Waals surface area contributed by atoms with E-state index < -0.39 is 0 Å². The summed E-state index contributed by atoms with van der Waals surface area (Å²) in [5.41, 5.74) is 0.386. The number of unbranched alkanes of at least 4 members (excludes halogenated alkanes) is 2. The average Bonchev–Trinajstić information content (AvgIpc) is 3.02. The number of amides is 1. The molecule has 1 spiro atoms. The van der Waals surface area contributed by atoms with Gasteiger partial charge in [0.2, 0.25) is 0 Å². The van der Waals surface area contributed by atoms with Crippen molar-refractivity contribution < 1.29 is 14.3 Å². The molecule has 3 rings (SSSR count). The number of carbonyl (C=O) groups is 1. The number of nitrogens with zero attached hydrogens (tertiary/aromatic N) is 1. The van der Waals surface area contributed by atoms with Gasteiger partial charge in [-0.2, -0.15) is 0 Å². The molecule has 1 aliphatic carbocycles. The number of carbonyl (C=O) groups excluding carboxylic acids is 1. The van der Waals surface area contributed by atoms with Crippen molar-refractivity contribution in [2.45, 2.75) is 64.0 Å². The average molecular weight is 331 g/mol. The van der Waals surface area contributed by atoms with E-state index in [1.54, 1.807) is 0 Å². The second-order valence-electron chi connectivity index (χ2n) is 6.89. The van der Waals surface area contributed by atoms with Gasteiger partial charge in [0.25, 0.3) is 5.91 Å². The number of ether oxygens (including phenoxy) is 2. The van der Waals surface area contributed by atoms with Crippen LogP contribution in [0.1, 0.15) is 68.6 Å². The molecule has 1 saturated heterocycles. The highest BCUT2D eigenvalue weighted by Gasteiger charge is 2.45. The summed E-state index contributed by atoms with van der Waals surface area (Å²) in [6.07, 6.45) is 8.93. The summed E-state index contributed by atoms with van der Waals surface area (Å²) in [7, 11) is 0. The maximum absolute atomic E-state index is 12.9. The van der Waals surface area contributed by atoms with Gasteiger partial charge in [0.05, 0.1) is 13.2 Å². The molecular weight excluding hydrogens is 302 g/mol. The maximum atomic E-state index is 12.9. The van der Waals surface area contributed by atoms with Gasteiger partial charge >= 0.3 is 0 Å². The van der Waals surface area contributed by atoms with Crippen molar-refractivity contribution in [3.63, 3.8) is 0 Å². The lowest BCUT2D eigenvalue weighted by Crippen LogP contribution is -2.49. The zero-order valence-electron chi connectivity index (χ0n) is 14.8. The van der Waals surface area contributed by atoms with Crippen LogP contribution >= 0.6 is 0 Å². The minimum atomic E-state index is -0.343. The molecule has 0 N–H and O–H groups in total. The molecule has 132 valence electrons. The second-order valence-corrected chi connectivity index (χ2v) is 6.89. The third-order valence-corrected chi connectivity index (χ3v) is 5.18. The number of hydrogen-bond acceptors (Lipinski definition) is 3. The van der Waals surface area contributed by atoms with Crippen molar-refractivity contribution >= 4 is 5.91 Å². The van der Waals surface area contributed by atoms with Crippen molar-refractivity contribution in [2.24, 2.45) is 0 Å². The summed E-state index contributed by atoms with van der Waals surface area (Å²) < 4.78 is 11.7. The van der Waals surface area contributed by atoms with Crippen LogP contribution in [-0.2, 0) is 4.74 Å². The van der Waals surface area contributed by atoms with Gasteiger partial charge in [0.1, 0.15) is 11.5 Å². The molecule has 1 saturated carbocycles. The van der Waals surface area contributed by atoms with E-state index in [9.17, 15) is 4.79 Å². The van der Waals surface area contributed by atoms with E-state index in [1.807, 2.05) is 29.2 Å². The molecule has 4 heteroatoms. The molecule has 1 aromatic carbocycles. The molecule has 0 radical (unpaired) electrons. The monoisotopic (exact) mass is 331 g/mol. The Morgan fingerprint density at radius 1 is 1.17 bits per heavy atom. The number of benzene rings is 1. The Labute approximate surface area is 145 Å². The van der Waals surface area contributed by atoms with Crippen LogP contribution in [0, 0.1) is 0 Å². The Balaban J connectivity index is 1.62. The molecule has 0 atom stereocenters. The second kappa shape index (κ2) is 8.02. The van der Waals surface area contributed by atoms with Crippen LogP contribution in [0.4, 0.5) is 0 Å². The van der Waals surface area contributed by atoms with E-state index >= 15 is 0 Å². The van der Waals surface area contributed by atoms with Crippen LogP contribution in [0.3, 0.4) is 0 Å². The van der Waals surface area contributed by atoms with Gasteiger partial charge in [-0.1, -0.05) is 26.2 Å². The van der Waals surface area contributed by atoms with Crippen LogP contribution in [-0.4, -0.2) is 36.3 Å². The van der Waals surface area contributed by atoms with Gasteiger partial charge in [0, 0.05) is 12.1 Å². The fourth-order valence-electron chi connectivity index (χ4n) is 3.81. The lowest BCUT2D eigenvalue weighted by Gasteiger charge is -2.40. The van der Waals surface area contributed by atoms with Gasteiger partial charge in [-0.05, 0) is 56.4 Å². The molecule has 1 aromatic rings. The largest absolute Gasteiger partial charge is 0.494 e. The third kappa shape index (κ3) is 3.75. The zero-order valence-corrected chi connectivity index (χ0v) is 14.8. The first-order chi connectivity index (χ1) is 11.7. The van der Waals surface area contributed by atoms with E-state index in [0.29, 0.717) is 13.2 Å². The Morgan fingerprint density at radius 3 is 2.62 bits per heavy atom. The van der Waals surface area contributed by atoms with Gasteiger partial charge < -0.3 is 14.4 Å². The summed E-state index contributed by atoms with van der Waals surface area (Å²) in [5, 5.41) is 0. The molecule has 0 unspecified atom stereocenters. The lowest BCUT2D eigenvalue weighted by molar-refractivity contribution is -0.0919. The quantitative estimate of drug-likeness (QED) is 0.726. The van der Waals surface area contributed by atoms with Crippen LogP contribution < -0.4 is 4.74 Å². The minimum absolute atomic E-state index is 0.0898. The maximum Gasteiger partial charge on any atom is 0.256 e. The molecule has 1 heterocycles. The van der Waals surface area contributed by atoms with E-state index in [0.717, 1.165) is 50.0 Å². The molecule has 0 bridgehead atoms. The summed E-state index contributed by atoms with van der Waals surface area (Å²) in [5.74, 6) is 0.930. The number of hydrogen-bond donors (Lipinski definition) is 0. The normalized spacial score (nSPS) is 19.6. The van der Waals surface area contributed by atoms with Crippen molar-refractivity contribution in [3.8, 4) is 5.75 Å². The Kier molecular flexibility index (Phi) is 5.77. The van der Waals surface area contributed by atoms with Crippen LogP contribution in [0.2, 0.25) is 0 Å². The molecular formula is C20H29NO3. The lowest BCUT2D eigenvalue weighted by atomic mass is 9.90. The first-order valence-corrected chi connectivity index (χ1v) is 9.44. The zero-order chi connectivity index (χ0) is 16.8. The predicted octanol–water partition coefficient (Wildman–Crippen LogP) is 4.39. The SMILES string of the molecule is CCCCCOc1ccc(C(=O)N2CCOC23CCCCC3)cc1. The van der Waals surface area contributed by atoms with E-state index in [2.05, 4.69) is 6.92 Å². The van der Waals surface area contributed by atoms with Crippen molar-refractivity contribution in [3.05, 3.63) is 29.8 Å². The smallest absolute Gasteiger partial charge is 0.256 e. The third-order valence-electron chi connectivity index (χ3n) is 5.18. The molecule has 1 aliphatic heterocycles. The predicted molar refractivity (Wildman–Crippen MR) is 94.3 cm³/mol. The van der Waals surface area contributed by atoms with Crippen molar-refractivity contribution in [1.29, 1.82) is 0 Å². The fraction of sp³-hybridized carbons (Fsp3) is 0.650. The van der Waals surface area contributed by atoms with Crippen LogP contribution in [0.25, 0.3) is 0 Å². The number of rotatable bonds is 6. The summed E-state index contributed by atoms with van der Waals surface area (Å²) in [4.78, 5) is 14.9. The highest BCUT2D eigenvalue weighted by molar-refractivity contribution is 5.95. The van der Waals surface area contributed by atoms with Crippen molar-refractivity contribution in [1.82, 2.24) is 4.90 Å². The van der Waals surface area contributed by atoms with E-state index in [4.69, 9.17) is 9.47 Å². The van der Waals surface area contributed by atoms with Gasteiger partial charge in [-0.15, -0.1) is 0 Å². The van der Waals surface area contributed by atoms with Gasteiger partial charge in [0.15, 0.2) is 0 Å². The fourth-order valence-corrected chi connectivity index (χ4v) is 3.81. The first-order valence-electron chi connectivity index (χ1n) is 9.44. The molecule has 24 heavy (non-hydrogen) atoms. The Bertz CT molecular complexity index is 534. The first kappa shape index (κ1) is 17.3. The summed E-state index contributed by atoms with van der Waals surface area (Å²) in [6.45, 7) is 4.28. The topological polar surface area (TPSA) is 38.8 Å². The standard InChI is InChI=1S/C20H29NO3/c1-2-3-7-15-23-18-10-8-17(9-11-18)19(22)21-14-16-24-20(21)12-5-4-6-13-20/h8-11H,2-7,12-16H2,1H3. The highest BCUT2D eigenvalue weighted by Crippen LogP contribution is 2.38. The summed E-state index contributed by atoms with van der Waals surface area (Å²) in [6, 6.07) is 7.58. The molecule has 2 fully saturated rings. The van der Waals surface area contributed by atoms with Crippen molar-refractivity contribution in [2.75, 3.05) is 19.8 Å². The van der Waals surface area contributed by atoms with E-state index in [1.165, 1.54) is 19.3 Å². The van der Waals surface area contributed by atoms with Gasteiger partial charge in [-0.3, -0.25) is 4.79 Å².